The maximum atomic E-state index is 13.0. The molecule has 10 heteroatoms. The quantitative estimate of drug-likeness (QED) is 0.455. The summed E-state index contributed by atoms with van der Waals surface area (Å²) < 4.78 is 1.02. The maximum Gasteiger partial charge on any atom is 0.326 e. The number of nitrogens with zero attached hydrogens (tertiary/aromatic N) is 3. The number of thioether (sulfide) groups is 1. The van der Waals surface area contributed by atoms with Crippen LogP contribution < -0.4 is 10.9 Å². The second-order valence-electron chi connectivity index (χ2n) is 6.92. The number of aliphatic carboxylic acids is 1. The van der Waals surface area contributed by atoms with Gasteiger partial charge in [-0.2, -0.15) is 16.4 Å². The number of amides is 1. The molecule has 0 aliphatic rings. The zero-order chi connectivity index (χ0) is 22.4. The molecule has 2 atom stereocenters. The van der Waals surface area contributed by atoms with E-state index in [2.05, 4.69) is 15.6 Å². The summed E-state index contributed by atoms with van der Waals surface area (Å²) in [6.45, 7) is 0. The fourth-order valence-corrected chi connectivity index (χ4v) is 3.59. The number of hydrogen-bond acceptors (Lipinski definition) is 7. The van der Waals surface area contributed by atoms with Crippen molar-refractivity contribution in [1.82, 2.24) is 20.3 Å². The zero-order valence-electron chi connectivity index (χ0n) is 16.8. The minimum Gasteiger partial charge on any atom is -0.508 e. The van der Waals surface area contributed by atoms with Crippen molar-refractivity contribution >= 4 is 34.5 Å². The van der Waals surface area contributed by atoms with E-state index in [4.69, 9.17) is 0 Å². The number of phenolic OH excluding ortho intramolecular Hbond substituents is 1. The molecule has 0 fully saturated rings. The van der Waals surface area contributed by atoms with Crippen LogP contribution in [0.2, 0.25) is 0 Å². The van der Waals surface area contributed by atoms with E-state index < -0.39 is 29.5 Å². The van der Waals surface area contributed by atoms with Gasteiger partial charge in [0, 0.05) is 6.42 Å². The number of fused-ring (bicyclic) bond motifs is 1. The van der Waals surface area contributed by atoms with Crippen LogP contribution in [0.4, 0.5) is 0 Å². The van der Waals surface area contributed by atoms with Crippen molar-refractivity contribution in [2.24, 2.45) is 0 Å². The third-order valence-corrected chi connectivity index (χ3v) is 5.42. The minimum absolute atomic E-state index is 0.0227. The first-order valence-corrected chi connectivity index (χ1v) is 10.9. The number of hydrogen-bond donors (Lipinski definition) is 3. The Bertz CT molecular complexity index is 1130. The molecular formula is C21H22N4O5S. The van der Waals surface area contributed by atoms with Crippen molar-refractivity contribution in [3.05, 3.63) is 64.4 Å². The summed E-state index contributed by atoms with van der Waals surface area (Å²) in [5.41, 5.74) is 0.592. The molecule has 3 rings (SSSR count). The third kappa shape index (κ3) is 5.40. The number of carboxylic acid groups (broad SMARTS) is 1. The van der Waals surface area contributed by atoms with Gasteiger partial charge in [0.15, 0.2) is 0 Å². The molecule has 31 heavy (non-hydrogen) atoms. The number of benzene rings is 2. The molecule has 3 N–H and O–H groups in total. The van der Waals surface area contributed by atoms with Gasteiger partial charge in [-0.15, -0.1) is 5.10 Å². The fraction of sp³-hybridized carbons (Fsp3) is 0.286. The number of rotatable bonds is 9. The summed E-state index contributed by atoms with van der Waals surface area (Å²) in [6.07, 6.45) is 2.18. The molecule has 1 aromatic heterocycles. The summed E-state index contributed by atoms with van der Waals surface area (Å²) in [6, 6.07) is 10.6. The Balaban J connectivity index is 1.88. The van der Waals surface area contributed by atoms with E-state index in [0.717, 1.165) is 4.68 Å². The molecule has 1 amide bonds. The van der Waals surface area contributed by atoms with E-state index in [1.807, 2.05) is 6.26 Å². The number of phenols is 1. The first-order valence-electron chi connectivity index (χ1n) is 9.55. The molecule has 0 saturated heterocycles. The maximum absolute atomic E-state index is 13.0. The first-order chi connectivity index (χ1) is 14.9. The molecule has 0 aliphatic heterocycles. The van der Waals surface area contributed by atoms with Crippen molar-refractivity contribution in [3.63, 3.8) is 0 Å². The second kappa shape index (κ2) is 10.1. The highest BCUT2D eigenvalue weighted by molar-refractivity contribution is 7.98. The molecule has 2 unspecified atom stereocenters. The lowest BCUT2D eigenvalue weighted by Gasteiger charge is -2.21. The Kier molecular flexibility index (Phi) is 7.24. The van der Waals surface area contributed by atoms with Crippen LogP contribution in [0.1, 0.15) is 18.0 Å². The van der Waals surface area contributed by atoms with Crippen molar-refractivity contribution in [2.45, 2.75) is 24.9 Å². The molecule has 0 radical (unpaired) electrons. The van der Waals surface area contributed by atoms with Gasteiger partial charge >= 0.3 is 5.97 Å². The molecule has 2 aromatic carbocycles. The molecule has 0 spiro atoms. The largest absolute Gasteiger partial charge is 0.508 e. The molecule has 0 aliphatic carbocycles. The number of nitrogens with one attached hydrogen (secondary N) is 1. The van der Waals surface area contributed by atoms with Crippen LogP contribution in [0.25, 0.3) is 10.9 Å². The minimum atomic E-state index is -1.21. The van der Waals surface area contributed by atoms with Crippen molar-refractivity contribution < 1.29 is 19.8 Å². The van der Waals surface area contributed by atoms with E-state index >= 15 is 0 Å². The summed E-state index contributed by atoms with van der Waals surface area (Å²) in [5, 5.41) is 29.8. The van der Waals surface area contributed by atoms with Crippen molar-refractivity contribution in [3.8, 4) is 5.75 Å². The molecule has 1 heterocycles. The van der Waals surface area contributed by atoms with Crippen LogP contribution in [-0.4, -0.2) is 55.1 Å². The topological polar surface area (TPSA) is 134 Å². The van der Waals surface area contributed by atoms with Crippen LogP contribution in [0, 0.1) is 0 Å². The van der Waals surface area contributed by atoms with Crippen LogP contribution >= 0.6 is 11.8 Å². The van der Waals surface area contributed by atoms with Gasteiger partial charge in [-0.3, -0.25) is 9.59 Å². The third-order valence-electron chi connectivity index (χ3n) is 4.78. The van der Waals surface area contributed by atoms with E-state index in [1.54, 1.807) is 36.4 Å². The predicted molar refractivity (Wildman–Crippen MR) is 117 cm³/mol. The molecule has 162 valence electrons. The van der Waals surface area contributed by atoms with E-state index in [-0.39, 0.29) is 18.6 Å². The average molecular weight is 442 g/mol. The summed E-state index contributed by atoms with van der Waals surface area (Å²) >= 11 is 1.50. The molecule has 0 bridgehead atoms. The van der Waals surface area contributed by atoms with Crippen molar-refractivity contribution in [2.75, 3.05) is 12.0 Å². The number of carbonyl (C=O) groups is 2. The van der Waals surface area contributed by atoms with Crippen LogP contribution in [0.15, 0.2) is 53.3 Å². The molecular weight excluding hydrogens is 420 g/mol. The lowest BCUT2D eigenvalue weighted by atomic mass is 10.0. The Morgan fingerprint density at radius 2 is 1.87 bits per heavy atom. The Morgan fingerprint density at radius 3 is 2.55 bits per heavy atom. The number of aromatic hydroxyl groups is 1. The molecule has 3 aromatic rings. The van der Waals surface area contributed by atoms with Crippen LogP contribution in [-0.2, 0) is 16.0 Å². The fourth-order valence-electron chi connectivity index (χ4n) is 3.14. The first kappa shape index (κ1) is 22.3. The lowest BCUT2D eigenvalue weighted by Crippen LogP contribution is -2.47. The smallest absolute Gasteiger partial charge is 0.326 e. The standard InChI is InChI=1S/C21H22N4O5S/c1-31-11-10-18(25-20(28)15-4-2-3-5-16(15)23-24-25)19(27)22-17(21(29)30)12-13-6-8-14(26)9-7-13/h2-9,17-18,26H,10-12H2,1H3,(H,22,27)(H,29,30). The van der Waals surface area contributed by atoms with Crippen LogP contribution in [0.3, 0.4) is 0 Å². The Labute approximate surface area is 182 Å². The summed E-state index contributed by atoms with van der Waals surface area (Å²) in [5.74, 6) is -1.20. The van der Waals surface area contributed by atoms with Gasteiger partial charge in [0.05, 0.1) is 5.39 Å². The van der Waals surface area contributed by atoms with Gasteiger partial charge in [0.25, 0.3) is 5.56 Å². The van der Waals surface area contributed by atoms with Crippen LogP contribution in [0.5, 0.6) is 5.75 Å². The van der Waals surface area contributed by atoms with Gasteiger partial charge in [-0.25, -0.2) is 4.79 Å². The lowest BCUT2D eigenvalue weighted by molar-refractivity contribution is -0.142. The van der Waals surface area contributed by atoms with Crippen molar-refractivity contribution in [1.29, 1.82) is 0 Å². The highest BCUT2D eigenvalue weighted by Gasteiger charge is 2.28. The van der Waals surface area contributed by atoms with Gasteiger partial charge in [-0.1, -0.05) is 29.5 Å². The van der Waals surface area contributed by atoms with Gasteiger partial charge in [0.1, 0.15) is 23.3 Å². The SMILES string of the molecule is CSCCC(C(=O)NC(Cc1ccc(O)cc1)C(=O)O)n1nnc2ccccc2c1=O. The van der Waals surface area contributed by atoms with E-state index in [1.165, 1.54) is 23.9 Å². The average Bonchev–Trinajstić information content (AvgIpc) is 2.76. The summed E-state index contributed by atoms with van der Waals surface area (Å²) in [4.78, 5) is 37.7. The van der Waals surface area contributed by atoms with Gasteiger partial charge in [-0.05, 0) is 48.3 Å². The van der Waals surface area contributed by atoms with Gasteiger partial charge in [0.2, 0.25) is 5.91 Å². The molecule has 9 nitrogen and oxygen atoms in total. The number of carboxylic acids is 1. The summed E-state index contributed by atoms with van der Waals surface area (Å²) in [7, 11) is 0. The number of aromatic nitrogens is 3. The zero-order valence-corrected chi connectivity index (χ0v) is 17.6. The van der Waals surface area contributed by atoms with E-state index in [0.29, 0.717) is 22.2 Å². The second-order valence-corrected chi connectivity index (χ2v) is 7.91. The monoisotopic (exact) mass is 442 g/mol. The predicted octanol–water partition coefficient (Wildman–Crippen LogP) is 1.60. The number of carbonyl (C=O) groups excluding carboxylic acids is 1. The highest BCUT2D eigenvalue weighted by atomic mass is 32.2. The van der Waals surface area contributed by atoms with Gasteiger partial charge < -0.3 is 15.5 Å². The Morgan fingerprint density at radius 1 is 1.16 bits per heavy atom. The Hall–Kier alpha value is -3.40. The van der Waals surface area contributed by atoms with E-state index in [9.17, 15) is 24.6 Å². The highest BCUT2D eigenvalue weighted by Crippen LogP contribution is 2.16. The normalized spacial score (nSPS) is 12.9. The molecule has 0 saturated carbocycles.